The van der Waals surface area contributed by atoms with Crippen LogP contribution in [-0.2, 0) is 20.7 Å². The van der Waals surface area contributed by atoms with E-state index in [0.717, 1.165) is 42.6 Å². The van der Waals surface area contributed by atoms with E-state index < -0.39 is 0 Å². The molecule has 1 fully saturated rings. The molecule has 0 saturated carbocycles. The van der Waals surface area contributed by atoms with Crippen LogP contribution in [0.4, 0.5) is 0 Å². The molecule has 1 aliphatic heterocycles. The van der Waals surface area contributed by atoms with Gasteiger partial charge < -0.3 is 20.3 Å². The third-order valence-corrected chi connectivity index (χ3v) is 6.37. The summed E-state index contributed by atoms with van der Waals surface area (Å²) >= 11 is 0. The molecule has 3 N–H and O–H groups in total. The molecule has 1 saturated heterocycles. The number of aliphatic hydroxyl groups excluding tert-OH is 1. The highest BCUT2D eigenvalue weighted by atomic mass is 16.5. The van der Waals surface area contributed by atoms with Gasteiger partial charge in [0.15, 0.2) is 5.78 Å². The molecule has 2 aromatic rings. The fraction of sp³-hybridized carbons (Fsp3) is 0.423. The Kier molecular flexibility index (Phi) is 8.05. The number of morpholine rings is 1. The van der Waals surface area contributed by atoms with Gasteiger partial charge in [-0.1, -0.05) is 36.4 Å². The summed E-state index contributed by atoms with van der Waals surface area (Å²) in [4.78, 5) is 25.0. The monoisotopic (exact) mass is 465 g/mol. The number of esters is 1. The predicted molar refractivity (Wildman–Crippen MR) is 128 cm³/mol. The summed E-state index contributed by atoms with van der Waals surface area (Å²) in [5, 5.41) is 15.2. The Morgan fingerprint density at radius 1 is 1.15 bits per heavy atom. The molecule has 0 amide bonds. The third kappa shape index (κ3) is 5.88. The molecule has 8 nitrogen and oxygen atoms in total. The quantitative estimate of drug-likeness (QED) is 0.348. The van der Waals surface area contributed by atoms with Crippen LogP contribution in [0.1, 0.15) is 51.5 Å². The van der Waals surface area contributed by atoms with Crippen LogP contribution in [0.15, 0.2) is 47.6 Å². The molecular weight excluding hydrogens is 434 g/mol. The van der Waals surface area contributed by atoms with E-state index in [2.05, 4.69) is 5.10 Å². The van der Waals surface area contributed by atoms with Gasteiger partial charge in [0.25, 0.3) is 0 Å². The van der Waals surface area contributed by atoms with Crippen molar-refractivity contribution in [1.82, 2.24) is 5.01 Å². The van der Waals surface area contributed by atoms with Crippen molar-refractivity contribution in [3.05, 3.63) is 70.3 Å². The summed E-state index contributed by atoms with van der Waals surface area (Å²) < 4.78 is 10.3. The van der Waals surface area contributed by atoms with Crippen LogP contribution in [0, 0.1) is 5.92 Å². The molecule has 34 heavy (non-hydrogen) atoms. The zero-order valence-electron chi connectivity index (χ0n) is 19.2. The Morgan fingerprint density at radius 3 is 2.62 bits per heavy atom. The number of hydrogen-bond acceptors (Lipinski definition) is 8. The molecule has 8 heteroatoms. The van der Waals surface area contributed by atoms with E-state index in [1.54, 1.807) is 12.3 Å². The lowest BCUT2D eigenvalue weighted by Gasteiger charge is -2.30. The Bertz CT molecular complexity index is 1030. The molecule has 0 spiro atoms. The lowest BCUT2D eigenvalue weighted by atomic mass is 9.78. The van der Waals surface area contributed by atoms with E-state index in [4.69, 9.17) is 20.3 Å². The normalized spacial score (nSPS) is 20.2. The number of carbonyl (C=O) groups excluding carboxylic acids is 2. The maximum atomic E-state index is 13.1. The Labute approximate surface area is 199 Å². The Morgan fingerprint density at radius 2 is 1.88 bits per heavy atom. The van der Waals surface area contributed by atoms with Crippen molar-refractivity contribution in [1.29, 1.82) is 0 Å². The van der Waals surface area contributed by atoms with E-state index in [1.807, 2.05) is 41.4 Å². The molecule has 1 heterocycles. The van der Waals surface area contributed by atoms with E-state index in [9.17, 15) is 9.59 Å². The van der Waals surface area contributed by atoms with Crippen molar-refractivity contribution in [2.75, 3.05) is 39.5 Å². The highest BCUT2D eigenvalue weighted by molar-refractivity contribution is 6.09. The van der Waals surface area contributed by atoms with Crippen LogP contribution in [0.5, 0.6) is 0 Å². The maximum absolute atomic E-state index is 13.1. The second-order valence-electron chi connectivity index (χ2n) is 8.65. The first-order chi connectivity index (χ1) is 16.5. The summed E-state index contributed by atoms with van der Waals surface area (Å²) in [7, 11) is 0. The van der Waals surface area contributed by atoms with Gasteiger partial charge in [-0.05, 0) is 41.5 Å². The molecule has 2 unspecified atom stereocenters. The fourth-order valence-electron chi connectivity index (χ4n) is 4.43. The SMILES string of the molecule is NC1c2ccc(C(=O)c3ccc(C=NN4CCOCC4)cc3)cc2CCC1CC(=O)OCCO. The van der Waals surface area contributed by atoms with E-state index in [0.29, 0.717) is 24.3 Å². The van der Waals surface area contributed by atoms with Gasteiger partial charge in [-0.3, -0.25) is 14.6 Å². The van der Waals surface area contributed by atoms with Crippen LogP contribution < -0.4 is 5.73 Å². The van der Waals surface area contributed by atoms with Crippen molar-refractivity contribution in [3.8, 4) is 0 Å². The van der Waals surface area contributed by atoms with Crippen molar-refractivity contribution in [3.63, 3.8) is 0 Å². The van der Waals surface area contributed by atoms with Crippen molar-refractivity contribution in [2.45, 2.75) is 25.3 Å². The van der Waals surface area contributed by atoms with Gasteiger partial charge in [0, 0.05) is 17.2 Å². The number of aryl methyl sites for hydroxylation is 1. The number of hydrazone groups is 1. The number of benzene rings is 2. The minimum absolute atomic E-state index is 0.00447. The van der Waals surface area contributed by atoms with Gasteiger partial charge >= 0.3 is 5.97 Å². The molecule has 4 rings (SSSR count). The lowest BCUT2D eigenvalue weighted by molar-refractivity contribution is -0.146. The van der Waals surface area contributed by atoms with E-state index in [-0.39, 0.29) is 43.3 Å². The molecule has 2 aliphatic rings. The minimum Gasteiger partial charge on any atom is -0.463 e. The van der Waals surface area contributed by atoms with Crippen LogP contribution >= 0.6 is 0 Å². The molecule has 2 atom stereocenters. The minimum atomic E-state index is -0.344. The maximum Gasteiger partial charge on any atom is 0.306 e. The number of carbonyl (C=O) groups is 2. The molecule has 2 aromatic carbocycles. The molecule has 0 aromatic heterocycles. The largest absolute Gasteiger partial charge is 0.463 e. The molecule has 180 valence electrons. The Hall–Kier alpha value is -3.07. The summed E-state index contributed by atoms with van der Waals surface area (Å²) in [5.41, 5.74) is 10.6. The van der Waals surface area contributed by atoms with Crippen LogP contribution in [0.25, 0.3) is 0 Å². The van der Waals surface area contributed by atoms with Crippen molar-refractivity contribution >= 4 is 18.0 Å². The summed E-state index contributed by atoms with van der Waals surface area (Å²) in [6, 6.07) is 12.8. The zero-order valence-corrected chi connectivity index (χ0v) is 19.2. The third-order valence-electron chi connectivity index (χ3n) is 6.37. The van der Waals surface area contributed by atoms with E-state index in [1.165, 1.54) is 0 Å². The van der Waals surface area contributed by atoms with Gasteiger partial charge in [-0.15, -0.1) is 0 Å². The predicted octanol–water partition coefficient (Wildman–Crippen LogP) is 2.07. The molecule has 1 aliphatic carbocycles. The number of hydrogen-bond donors (Lipinski definition) is 2. The first-order valence-electron chi connectivity index (χ1n) is 11.7. The second-order valence-corrected chi connectivity index (χ2v) is 8.65. The van der Waals surface area contributed by atoms with Crippen molar-refractivity contribution in [2.24, 2.45) is 16.8 Å². The molecular formula is C26H31N3O5. The summed E-state index contributed by atoms with van der Waals surface area (Å²) in [6.07, 6.45) is 3.52. The first-order valence-corrected chi connectivity index (χ1v) is 11.7. The number of aliphatic hydroxyl groups is 1. The zero-order chi connectivity index (χ0) is 23.9. The second kappa shape index (κ2) is 11.4. The standard InChI is InChI=1S/C26H31N3O5/c27-25-21(16-24(31)34-14-11-30)6-5-20-15-22(7-8-23(20)25)26(32)19-3-1-18(2-4-19)17-28-29-9-12-33-13-10-29/h1-4,7-8,15,17,21,25,30H,5-6,9-14,16,27H2. The highest BCUT2D eigenvalue weighted by Gasteiger charge is 2.29. The highest BCUT2D eigenvalue weighted by Crippen LogP contribution is 2.35. The fourth-order valence-corrected chi connectivity index (χ4v) is 4.43. The summed E-state index contributed by atoms with van der Waals surface area (Å²) in [5.74, 6) is -0.405. The van der Waals surface area contributed by atoms with Crippen LogP contribution in [0.2, 0.25) is 0 Å². The average molecular weight is 466 g/mol. The van der Waals surface area contributed by atoms with Gasteiger partial charge in [-0.2, -0.15) is 5.10 Å². The number of nitrogens with two attached hydrogens (primary N) is 1. The number of ether oxygens (including phenoxy) is 2. The topological polar surface area (TPSA) is 114 Å². The van der Waals surface area contributed by atoms with Gasteiger partial charge in [0.05, 0.1) is 45.5 Å². The molecule has 0 bridgehead atoms. The smallest absolute Gasteiger partial charge is 0.306 e. The van der Waals surface area contributed by atoms with E-state index >= 15 is 0 Å². The lowest BCUT2D eigenvalue weighted by Crippen LogP contribution is -2.32. The number of rotatable bonds is 8. The number of ketones is 1. The first kappa shape index (κ1) is 24.1. The van der Waals surface area contributed by atoms with Crippen molar-refractivity contribution < 1.29 is 24.2 Å². The average Bonchev–Trinajstić information content (AvgIpc) is 2.88. The molecule has 0 radical (unpaired) electrons. The number of fused-ring (bicyclic) bond motifs is 1. The van der Waals surface area contributed by atoms with Crippen LogP contribution in [-0.4, -0.2) is 67.6 Å². The summed E-state index contributed by atoms with van der Waals surface area (Å²) in [6.45, 7) is 2.76. The van der Waals surface area contributed by atoms with Gasteiger partial charge in [-0.25, -0.2) is 0 Å². The van der Waals surface area contributed by atoms with Crippen LogP contribution in [0.3, 0.4) is 0 Å². The van der Waals surface area contributed by atoms with Gasteiger partial charge in [0.2, 0.25) is 0 Å². The van der Waals surface area contributed by atoms with Gasteiger partial charge in [0.1, 0.15) is 6.61 Å². The Balaban J connectivity index is 1.40. The number of nitrogens with zero attached hydrogens (tertiary/aromatic N) is 2.